The minimum absolute atomic E-state index is 0.0735. The Morgan fingerprint density at radius 2 is 2.11 bits per heavy atom. The van der Waals surface area contributed by atoms with Crippen LogP contribution in [0.1, 0.15) is 19.4 Å². The van der Waals surface area contributed by atoms with Gasteiger partial charge in [0.15, 0.2) is 0 Å². The molecule has 0 aliphatic carbocycles. The third kappa shape index (κ3) is 5.04. The van der Waals surface area contributed by atoms with E-state index in [0.717, 1.165) is 25.1 Å². The Kier molecular flexibility index (Phi) is 6.26. The van der Waals surface area contributed by atoms with Crippen LogP contribution in [-0.4, -0.2) is 26.8 Å². The van der Waals surface area contributed by atoms with E-state index in [9.17, 15) is 4.39 Å². The molecular weight excluding hydrogens is 297 g/mol. The van der Waals surface area contributed by atoms with Gasteiger partial charge < -0.3 is 10.1 Å². The third-order valence-corrected chi connectivity index (χ3v) is 3.68. The highest BCUT2D eigenvalue weighted by atomic mass is 79.9. The summed E-state index contributed by atoms with van der Waals surface area (Å²) in [6, 6.07) is 5.19. The fourth-order valence-corrected chi connectivity index (χ4v) is 2.27. The highest BCUT2D eigenvalue weighted by Gasteiger charge is 2.20. The number of ether oxygens (including phenoxy) is 1. The van der Waals surface area contributed by atoms with E-state index in [1.54, 1.807) is 13.2 Å². The zero-order valence-corrected chi connectivity index (χ0v) is 12.8. The molecule has 0 saturated heterocycles. The van der Waals surface area contributed by atoms with E-state index in [4.69, 9.17) is 4.74 Å². The van der Waals surface area contributed by atoms with Crippen LogP contribution in [0.5, 0.6) is 0 Å². The quantitative estimate of drug-likeness (QED) is 0.778. The Morgan fingerprint density at radius 3 is 2.78 bits per heavy atom. The predicted octanol–water partition coefficient (Wildman–Crippen LogP) is 3.39. The van der Waals surface area contributed by atoms with Crippen molar-refractivity contribution in [3.05, 3.63) is 34.1 Å². The van der Waals surface area contributed by atoms with Crippen molar-refractivity contribution < 1.29 is 9.13 Å². The molecule has 4 heteroatoms. The van der Waals surface area contributed by atoms with Crippen LogP contribution in [0.4, 0.5) is 4.39 Å². The second-order valence-electron chi connectivity index (χ2n) is 5.22. The summed E-state index contributed by atoms with van der Waals surface area (Å²) in [4.78, 5) is 0. The van der Waals surface area contributed by atoms with Crippen molar-refractivity contribution in [1.29, 1.82) is 0 Å². The predicted molar refractivity (Wildman–Crippen MR) is 76.3 cm³/mol. The van der Waals surface area contributed by atoms with E-state index in [1.165, 1.54) is 6.07 Å². The van der Waals surface area contributed by atoms with Gasteiger partial charge in [-0.25, -0.2) is 4.39 Å². The van der Waals surface area contributed by atoms with Crippen LogP contribution < -0.4 is 5.32 Å². The van der Waals surface area contributed by atoms with E-state index in [0.29, 0.717) is 11.1 Å². The fraction of sp³-hybridized carbons (Fsp3) is 0.571. The van der Waals surface area contributed by atoms with Crippen molar-refractivity contribution >= 4 is 15.9 Å². The molecule has 2 nitrogen and oxygen atoms in total. The molecule has 102 valence electrons. The molecule has 1 N–H and O–H groups in total. The number of methoxy groups -OCH3 is 1. The van der Waals surface area contributed by atoms with Crippen LogP contribution in [0.2, 0.25) is 0 Å². The van der Waals surface area contributed by atoms with Gasteiger partial charge in [0.25, 0.3) is 0 Å². The molecule has 0 aliphatic rings. The smallest absolute Gasteiger partial charge is 0.137 e. The number of hydrogen-bond acceptors (Lipinski definition) is 2. The van der Waals surface area contributed by atoms with Gasteiger partial charge >= 0.3 is 0 Å². The molecule has 0 aromatic heterocycles. The lowest BCUT2D eigenvalue weighted by Crippen LogP contribution is -2.33. The second kappa shape index (κ2) is 7.22. The lowest BCUT2D eigenvalue weighted by Gasteiger charge is -2.26. The van der Waals surface area contributed by atoms with Gasteiger partial charge in [-0.05, 0) is 39.4 Å². The molecule has 0 heterocycles. The Bertz CT molecular complexity index is 382. The highest BCUT2D eigenvalue weighted by molar-refractivity contribution is 9.10. The third-order valence-electron chi connectivity index (χ3n) is 2.79. The maximum absolute atomic E-state index is 13.4. The first-order valence-electron chi connectivity index (χ1n) is 6.09. The van der Waals surface area contributed by atoms with Crippen LogP contribution in [0.3, 0.4) is 0 Å². The van der Waals surface area contributed by atoms with Gasteiger partial charge in [-0.2, -0.15) is 0 Å². The molecular formula is C14H21BrFNO. The maximum atomic E-state index is 13.4. The van der Waals surface area contributed by atoms with Crippen LogP contribution in [0.15, 0.2) is 22.7 Å². The van der Waals surface area contributed by atoms with Gasteiger partial charge in [-0.3, -0.25) is 0 Å². The average Bonchev–Trinajstić information content (AvgIpc) is 2.31. The van der Waals surface area contributed by atoms with Crippen LogP contribution in [0, 0.1) is 11.2 Å². The van der Waals surface area contributed by atoms with E-state index in [-0.39, 0.29) is 11.2 Å². The Labute approximate surface area is 117 Å². The number of nitrogens with one attached hydrogen (secondary N) is 1. The molecule has 0 aliphatic heterocycles. The molecule has 0 atom stereocenters. The zero-order valence-electron chi connectivity index (χ0n) is 11.2. The van der Waals surface area contributed by atoms with Crippen molar-refractivity contribution in [2.45, 2.75) is 20.3 Å². The first kappa shape index (κ1) is 15.6. The van der Waals surface area contributed by atoms with Crippen molar-refractivity contribution in [3.63, 3.8) is 0 Å². The number of rotatable bonds is 7. The highest BCUT2D eigenvalue weighted by Crippen LogP contribution is 2.27. The summed E-state index contributed by atoms with van der Waals surface area (Å²) in [5.74, 6) is -0.198. The van der Waals surface area contributed by atoms with Crippen LogP contribution in [-0.2, 0) is 11.2 Å². The molecule has 0 saturated carbocycles. The maximum Gasteiger partial charge on any atom is 0.137 e. The molecule has 0 spiro atoms. The SMILES string of the molecule is COCCNCC(C)(C)Cc1cccc(F)c1Br. The minimum Gasteiger partial charge on any atom is -0.383 e. The molecule has 1 aromatic carbocycles. The fourth-order valence-electron chi connectivity index (χ4n) is 1.86. The topological polar surface area (TPSA) is 21.3 Å². The number of hydrogen-bond donors (Lipinski definition) is 1. The number of halogens is 2. The molecule has 0 amide bonds. The van der Waals surface area contributed by atoms with Crippen molar-refractivity contribution in [3.8, 4) is 0 Å². The number of benzene rings is 1. The first-order valence-corrected chi connectivity index (χ1v) is 6.88. The van der Waals surface area contributed by atoms with Gasteiger partial charge in [-0.15, -0.1) is 0 Å². The standard InChI is InChI=1S/C14H21BrFNO/c1-14(2,10-17-7-8-18-3)9-11-5-4-6-12(16)13(11)15/h4-6,17H,7-10H2,1-3H3. The molecule has 0 fully saturated rings. The molecule has 0 bridgehead atoms. The minimum atomic E-state index is -0.198. The largest absolute Gasteiger partial charge is 0.383 e. The van der Waals surface area contributed by atoms with Crippen molar-refractivity contribution in [2.75, 3.05) is 26.8 Å². The Hall–Kier alpha value is -0.450. The van der Waals surface area contributed by atoms with Gasteiger partial charge in [0.1, 0.15) is 5.82 Å². The normalized spacial score (nSPS) is 11.8. The van der Waals surface area contributed by atoms with Gasteiger partial charge in [0.2, 0.25) is 0 Å². The second-order valence-corrected chi connectivity index (χ2v) is 6.02. The average molecular weight is 318 g/mol. The summed E-state index contributed by atoms with van der Waals surface area (Å²) in [5, 5.41) is 3.35. The molecule has 1 rings (SSSR count). The van der Waals surface area contributed by atoms with E-state index in [2.05, 4.69) is 35.1 Å². The summed E-state index contributed by atoms with van der Waals surface area (Å²) in [5.41, 5.74) is 1.08. The summed E-state index contributed by atoms with van der Waals surface area (Å²) in [7, 11) is 1.69. The first-order chi connectivity index (χ1) is 8.46. The molecule has 18 heavy (non-hydrogen) atoms. The van der Waals surface area contributed by atoms with Gasteiger partial charge in [0.05, 0.1) is 11.1 Å². The summed E-state index contributed by atoms with van der Waals surface area (Å²) in [6.07, 6.45) is 0.825. The van der Waals surface area contributed by atoms with Crippen molar-refractivity contribution in [2.24, 2.45) is 5.41 Å². The van der Waals surface area contributed by atoms with E-state index >= 15 is 0 Å². The monoisotopic (exact) mass is 317 g/mol. The zero-order chi connectivity index (χ0) is 13.6. The molecule has 0 unspecified atom stereocenters. The Balaban J connectivity index is 2.56. The van der Waals surface area contributed by atoms with Crippen LogP contribution in [0.25, 0.3) is 0 Å². The Morgan fingerprint density at radius 1 is 1.39 bits per heavy atom. The summed E-state index contributed by atoms with van der Waals surface area (Å²) < 4.78 is 19.0. The van der Waals surface area contributed by atoms with E-state index < -0.39 is 0 Å². The van der Waals surface area contributed by atoms with Crippen molar-refractivity contribution in [1.82, 2.24) is 5.32 Å². The lowest BCUT2D eigenvalue weighted by atomic mass is 9.85. The molecule has 0 radical (unpaired) electrons. The lowest BCUT2D eigenvalue weighted by molar-refractivity contribution is 0.194. The summed E-state index contributed by atoms with van der Waals surface area (Å²) >= 11 is 3.31. The van der Waals surface area contributed by atoms with Gasteiger partial charge in [0, 0.05) is 20.2 Å². The molecule has 1 aromatic rings. The van der Waals surface area contributed by atoms with Gasteiger partial charge in [-0.1, -0.05) is 26.0 Å². The summed E-state index contributed by atoms with van der Waals surface area (Å²) in [6.45, 7) is 6.76. The van der Waals surface area contributed by atoms with E-state index in [1.807, 2.05) is 6.07 Å². The van der Waals surface area contributed by atoms with Crippen LogP contribution >= 0.6 is 15.9 Å².